The third kappa shape index (κ3) is 3.47. The number of hydrogen-bond donors (Lipinski definition) is 0. The number of nitrogens with zero attached hydrogens (tertiary/aromatic N) is 2. The Kier molecular flexibility index (Phi) is 4.40. The standard InChI is InChI=1S/C15H18N2O2/c1-12-5-4-8-17(10-12)15(18)11-19-14-7-3-2-6-13(14)9-16/h2-3,6-7,12H,4-5,8,10-11H2,1H3. The lowest BCUT2D eigenvalue weighted by molar-refractivity contribution is -0.135. The SMILES string of the molecule is CC1CCCN(C(=O)COc2ccccc2C#N)C1. The minimum Gasteiger partial charge on any atom is -0.482 e. The van der Waals surface area contributed by atoms with Crippen LogP contribution in [0.4, 0.5) is 0 Å². The molecule has 0 saturated carbocycles. The zero-order valence-corrected chi connectivity index (χ0v) is 11.1. The fourth-order valence-corrected chi connectivity index (χ4v) is 2.33. The summed E-state index contributed by atoms with van der Waals surface area (Å²) in [5.41, 5.74) is 0.460. The molecular weight excluding hydrogens is 240 g/mol. The fourth-order valence-electron chi connectivity index (χ4n) is 2.33. The number of carbonyl (C=O) groups excluding carboxylic acids is 1. The van der Waals surface area contributed by atoms with Crippen molar-refractivity contribution in [1.82, 2.24) is 4.90 Å². The summed E-state index contributed by atoms with van der Waals surface area (Å²) in [5.74, 6) is 1.03. The predicted octanol–water partition coefficient (Wildman–Crippen LogP) is 2.20. The molecule has 0 aliphatic carbocycles. The average molecular weight is 258 g/mol. The van der Waals surface area contributed by atoms with E-state index in [9.17, 15) is 4.79 Å². The summed E-state index contributed by atoms with van der Waals surface area (Å²) in [4.78, 5) is 13.9. The zero-order chi connectivity index (χ0) is 13.7. The van der Waals surface area contributed by atoms with E-state index in [1.165, 1.54) is 6.42 Å². The van der Waals surface area contributed by atoms with Gasteiger partial charge in [-0.15, -0.1) is 0 Å². The van der Waals surface area contributed by atoms with Crippen molar-refractivity contribution in [2.75, 3.05) is 19.7 Å². The van der Waals surface area contributed by atoms with Crippen LogP contribution in [0.2, 0.25) is 0 Å². The van der Waals surface area contributed by atoms with Crippen LogP contribution in [-0.2, 0) is 4.79 Å². The smallest absolute Gasteiger partial charge is 0.260 e. The summed E-state index contributed by atoms with van der Waals surface area (Å²) >= 11 is 0. The molecule has 0 N–H and O–H groups in total. The number of rotatable bonds is 3. The van der Waals surface area contributed by atoms with E-state index in [2.05, 4.69) is 13.0 Å². The van der Waals surface area contributed by atoms with Crippen LogP contribution in [0.5, 0.6) is 5.75 Å². The van der Waals surface area contributed by atoms with Crippen LogP contribution in [0, 0.1) is 17.2 Å². The number of nitriles is 1. The molecule has 19 heavy (non-hydrogen) atoms. The highest BCUT2D eigenvalue weighted by atomic mass is 16.5. The molecular formula is C15H18N2O2. The normalized spacial score (nSPS) is 18.7. The Morgan fingerprint density at radius 3 is 3.05 bits per heavy atom. The Labute approximate surface area is 113 Å². The van der Waals surface area contributed by atoms with Crippen LogP contribution in [0.1, 0.15) is 25.3 Å². The lowest BCUT2D eigenvalue weighted by atomic mass is 10.0. The second-order valence-corrected chi connectivity index (χ2v) is 4.98. The first-order valence-corrected chi connectivity index (χ1v) is 6.60. The van der Waals surface area contributed by atoms with Crippen LogP contribution in [0.3, 0.4) is 0 Å². The fraction of sp³-hybridized carbons (Fsp3) is 0.467. The molecule has 1 heterocycles. The molecule has 1 amide bonds. The van der Waals surface area contributed by atoms with Crippen molar-refractivity contribution in [1.29, 1.82) is 5.26 Å². The Balaban J connectivity index is 1.91. The van der Waals surface area contributed by atoms with E-state index < -0.39 is 0 Å². The van der Waals surface area contributed by atoms with Crippen LogP contribution in [-0.4, -0.2) is 30.5 Å². The Hall–Kier alpha value is -2.02. The molecule has 100 valence electrons. The number of ether oxygens (including phenoxy) is 1. The topological polar surface area (TPSA) is 53.3 Å². The Bertz CT molecular complexity index is 493. The van der Waals surface area contributed by atoms with E-state index >= 15 is 0 Å². The summed E-state index contributed by atoms with van der Waals surface area (Å²) < 4.78 is 5.46. The van der Waals surface area contributed by atoms with Crippen molar-refractivity contribution in [3.63, 3.8) is 0 Å². The predicted molar refractivity (Wildman–Crippen MR) is 71.6 cm³/mol. The lowest BCUT2D eigenvalue weighted by Gasteiger charge is -2.30. The van der Waals surface area contributed by atoms with Gasteiger partial charge >= 0.3 is 0 Å². The number of piperidine rings is 1. The largest absolute Gasteiger partial charge is 0.482 e. The highest BCUT2D eigenvalue weighted by molar-refractivity contribution is 5.78. The van der Waals surface area contributed by atoms with Crippen molar-refractivity contribution >= 4 is 5.91 Å². The van der Waals surface area contributed by atoms with Crippen molar-refractivity contribution in [3.8, 4) is 11.8 Å². The summed E-state index contributed by atoms with van der Waals surface area (Å²) in [6, 6.07) is 9.02. The average Bonchev–Trinajstić information content (AvgIpc) is 2.45. The van der Waals surface area contributed by atoms with Crippen LogP contribution < -0.4 is 4.74 Å². The lowest BCUT2D eigenvalue weighted by Crippen LogP contribution is -2.41. The molecule has 0 aromatic heterocycles. The van der Waals surface area contributed by atoms with Gasteiger partial charge in [0.15, 0.2) is 6.61 Å². The number of hydrogen-bond acceptors (Lipinski definition) is 3. The number of likely N-dealkylation sites (tertiary alicyclic amines) is 1. The molecule has 1 aliphatic heterocycles. The molecule has 4 heteroatoms. The molecule has 4 nitrogen and oxygen atoms in total. The summed E-state index contributed by atoms with van der Waals surface area (Å²) in [6.45, 7) is 3.78. The van der Waals surface area contributed by atoms with Gasteiger partial charge in [0.2, 0.25) is 0 Å². The first kappa shape index (κ1) is 13.4. The van der Waals surface area contributed by atoms with Gasteiger partial charge in [0.25, 0.3) is 5.91 Å². The second-order valence-electron chi connectivity index (χ2n) is 4.98. The van der Waals surface area contributed by atoms with Gasteiger partial charge in [-0.05, 0) is 30.9 Å². The van der Waals surface area contributed by atoms with Gasteiger partial charge in [0, 0.05) is 13.1 Å². The van der Waals surface area contributed by atoms with E-state index in [1.807, 2.05) is 4.90 Å². The first-order valence-electron chi connectivity index (χ1n) is 6.60. The summed E-state index contributed by atoms with van der Waals surface area (Å²) in [5, 5.41) is 8.94. The highest BCUT2D eigenvalue weighted by Gasteiger charge is 2.21. The molecule has 0 bridgehead atoms. The molecule has 1 atom stereocenters. The molecule has 1 aromatic carbocycles. The zero-order valence-electron chi connectivity index (χ0n) is 11.1. The van der Waals surface area contributed by atoms with Crippen molar-refractivity contribution in [2.45, 2.75) is 19.8 Å². The van der Waals surface area contributed by atoms with Gasteiger partial charge in [-0.2, -0.15) is 5.26 Å². The van der Waals surface area contributed by atoms with Gasteiger partial charge in [0.05, 0.1) is 5.56 Å². The third-order valence-electron chi connectivity index (χ3n) is 3.37. The quantitative estimate of drug-likeness (QED) is 0.835. The maximum atomic E-state index is 12.0. The van der Waals surface area contributed by atoms with Crippen LogP contribution in [0.25, 0.3) is 0 Å². The Morgan fingerprint density at radius 1 is 1.53 bits per heavy atom. The summed E-state index contributed by atoms with van der Waals surface area (Å²) in [6.07, 6.45) is 2.24. The van der Waals surface area contributed by atoms with Gasteiger partial charge in [-0.3, -0.25) is 4.79 Å². The van der Waals surface area contributed by atoms with Crippen molar-refractivity contribution in [3.05, 3.63) is 29.8 Å². The van der Waals surface area contributed by atoms with Crippen LogP contribution >= 0.6 is 0 Å². The van der Waals surface area contributed by atoms with Crippen molar-refractivity contribution < 1.29 is 9.53 Å². The first-order chi connectivity index (χ1) is 9.20. The van der Waals surface area contributed by atoms with E-state index in [1.54, 1.807) is 24.3 Å². The minimum atomic E-state index is -0.000655. The monoisotopic (exact) mass is 258 g/mol. The molecule has 1 aromatic rings. The molecule has 2 rings (SSSR count). The number of para-hydroxylation sites is 1. The molecule has 1 fully saturated rings. The Morgan fingerprint density at radius 2 is 2.32 bits per heavy atom. The van der Waals surface area contributed by atoms with Gasteiger partial charge in [0.1, 0.15) is 11.8 Å². The minimum absolute atomic E-state index is 0.000655. The number of carbonyl (C=O) groups is 1. The van der Waals surface area contributed by atoms with Crippen molar-refractivity contribution in [2.24, 2.45) is 5.92 Å². The molecule has 1 saturated heterocycles. The van der Waals surface area contributed by atoms with Crippen LogP contribution in [0.15, 0.2) is 24.3 Å². The number of benzene rings is 1. The summed E-state index contributed by atoms with van der Waals surface area (Å²) in [7, 11) is 0. The highest BCUT2D eigenvalue weighted by Crippen LogP contribution is 2.18. The molecule has 1 aliphatic rings. The van der Waals surface area contributed by atoms with Gasteiger partial charge in [-0.25, -0.2) is 0 Å². The maximum absolute atomic E-state index is 12.0. The van der Waals surface area contributed by atoms with E-state index in [-0.39, 0.29) is 12.5 Å². The number of amides is 1. The van der Waals surface area contributed by atoms with E-state index in [0.717, 1.165) is 19.5 Å². The van der Waals surface area contributed by atoms with E-state index in [0.29, 0.717) is 17.2 Å². The maximum Gasteiger partial charge on any atom is 0.260 e. The molecule has 1 unspecified atom stereocenters. The molecule has 0 radical (unpaired) electrons. The van der Waals surface area contributed by atoms with Gasteiger partial charge < -0.3 is 9.64 Å². The van der Waals surface area contributed by atoms with E-state index in [4.69, 9.17) is 10.00 Å². The van der Waals surface area contributed by atoms with Gasteiger partial charge in [-0.1, -0.05) is 19.1 Å². The second kappa shape index (κ2) is 6.24. The molecule has 0 spiro atoms. The third-order valence-corrected chi connectivity index (χ3v) is 3.37.